The molecule has 1 N–H and O–H groups in total. The molecule has 0 aromatic heterocycles. The highest BCUT2D eigenvalue weighted by atomic mass is 16.3. The van der Waals surface area contributed by atoms with Crippen molar-refractivity contribution in [2.75, 3.05) is 6.54 Å². The van der Waals surface area contributed by atoms with Crippen LogP contribution in [0.5, 0.6) is 0 Å². The van der Waals surface area contributed by atoms with E-state index in [4.69, 9.17) is 0 Å². The van der Waals surface area contributed by atoms with Crippen LogP contribution in [-0.2, 0) is 5.60 Å². The smallest absolute Gasteiger partial charge is 0.104 e. The Hall–Kier alpha value is -0.860. The van der Waals surface area contributed by atoms with Crippen LogP contribution < -0.4 is 0 Å². The fourth-order valence-corrected chi connectivity index (χ4v) is 3.26. The van der Waals surface area contributed by atoms with E-state index in [1.165, 1.54) is 24.0 Å². The molecule has 2 heteroatoms. The molecule has 1 aromatic rings. The van der Waals surface area contributed by atoms with Gasteiger partial charge in [0.05, 0.1) is 0 Å². The molecule has 2 atom stereocenters. The van der Waals surface area contributed by atoms with Crippen molar-refractivity contribution in [1.29, 1.82) is 0 Å². The van der Waals surface area contributed by atoms with Crippen molar-refractivity contribution in [3.05, 3.63) is 34.9 Å². The number of benzene rings is 1. The van der Waals surface area contributed by atoms with Crippen LogP contribution in [0.4, 0.5) is 0 Å². The highest BCUT2D eigenvalue weighted by molar-refractivity contribution is 5.34. The Morgan fingerprint density at radius 3 is 2.56 bits per heavy atom. The van der Waals surface area contributed by atoms with Crippen molar-refractivity contribution in [2.45, 2.75) is 57.7 Å². The molecule has 3 rings (SSSR count). The summed E-state index contributed by atoms with van der Waals surface area (Å²) in [5, 5.41) is 11.0. The normalized spacial score (nSPS) is 33.0. The van der Waals surface area contributed by atoms with Crippen molar-refractivity contribution >= 4 is 0 Å². The van der Waals surface area contributed by atoms with Gasteiger partial charge in [-0.05, 0) is 56.7 Å². The van der Waals surface area contributed by atoms with Crippen LogP contribution >= 0.6 is 0 Å². The lowest BCUT2D eigenvalue weighted by atomic mass is 9.89. The average Bonchev–Trinajstić information content (AvgIpc) is 3.09. The van der Waals surface area contributed by atoms with Gasteiger partial charge in [0, 0.05) is 18.6 Å². The van der Waals surface area contributed by atoms with Crippen LogP contribution in [0, 0.1) is 13.8 Å². The Kier molecular flexibility index (Phi) is 2.76. The zero-order valence-electron chi connectivity index (χ0n) is 11.6. The minimum atomic E-state index is -0.638. The van der Waals surface area contributed by atoms with E-state index in [0.717, 1.165) is 24.6 Å². The van der Waals surface area contributed by atoms with E-state index < -0.39 is 5.60 Å². The summed E-state index contributed by atoms with van der Waals surface area (Å²) < 4.78 is 0. The van der Waals surface area contributed by atoms with Gasteiger partial charge in [-0.3, -0.25) is 4.90 Å². The minimum absolute atomic E-state index is 0.504. The van der Waals surface area contributed by atoms with Crippen LogP contribution in [0.3, 0.4) is 0 Å². The highest BCUT2D eigenvalue weighted by Gasteiger charge is 2.46. The molecule has 1 saturated carbocycles. The summed E-state index contributed by atoms with van der Waals surface area (Å²) in [6, 6.07) is 7.64. The molecule has 1 aliphatic carbocycles. The minimum Gasteiger partial charge on any atom is -0.384 e. The van der Waals surface area contributed by atoms with Crippen LogP contribution in [-0.4, -0.2) is 28.6 Å². The first kappa shape index (κ1) is 12.2. The van der Waals surface area contributed by atoms with E-state index in [1.807, 2.05) is 0 Å². The summed E-state index contributed by atoms with van der Waals surface area (Å²) in [7, 11) is 0. The van der Waals surface area contributed by atoms with E-state index in [9.17, 15) is 5.11 Å². The summed E-state index contributed by atoms with van der Waals surface area (Å²) in [4.78, 5) is 2.50. The van der Waals surface area contributed by atoms with E-state index in [1.54, 1.807) is 0 Å². The lowest BCUT2D eigenvalue weighted by molar-refractivity contribution is 0.0451. The number of rotatable bonds is 2. The molecule has 2 aliphatic rings. The Balaban J connectivity index is 1.88. The van der Waals surface area contributed by atoms with Gasteiger partial charge >= 0.3 is 0 Å². The van der Waals surface area contributed by atoms with Gasteiger partial charge in [0.25, 0.3) is 0 Å². The quantitative estimate of drug-likeness (QED) is 0.866. The average molecular weight is 245 g/mol. The first-order valence-electron chi connectivity index (χ1n) is 7.05. The molecule has 0 amide bonds. The van der Waals surface area contributed by atoms with Gasteiger partial charge in [0.1, 0.15) is 5.60 Å². The maximum absolute atomic E-state index is 11.0. The van der Waals surface area contributed by atoms with E-state index in [-0.39, 0.29) is 0 Å². The van der Waals surface area contributed by atoms with Crippen molar-refractivity contribution in [3.63, 3.8) is 0 Å². The van der Waals surface area contributed by atoms with Crippen molar-refractivity contribution in [1.82, 2.24) is 4.90 Å². The molecular weight excluding hydrogens is 222 g/mol. The standard InChI is InChI=1S/C16H23NO/c1-11-4-5-14(8-12(11)2)16(18)9-13(3)17(10-16)15-6-7-15/h4-5,8,13,15,18H,6-7,9-10H2,1-3H3. The molecule has 1 aromatic carbocycles. The van der Waals surface area contributed by atoms with Crippen LogP contribution in [0.2, 0.25) is 0 Å². The second-order valence-electron chi connectivity index (χ2n) is 6.29. The molecular formula is C16H23NO. The maximum Gasteiger partial charge on any atom is 0.104 e. The van der Waals surface area contributed by atoms with E-state index >= 15 is 0 Å². The van der Waals surface area contributed by atoms with Crippen molar-refractivity contribution in [2.24, 2.45) is 0 Å². The lowest BCUT2D eigenvalue weighted by Gasteiger charge is -2.25. The summed E-state index contributed by atoms with van der Waals surface area (Å²) in [5.74, 6) is 0. The summed E-state index contributed by atoms with van der Waals surface area (Å²) in [6.07, 6.45) is 3.49. The molecule has 1 aliphatic heterocycles. The number of likely N-dealkylation sites (tertiary alicyclic amines) is 1. The highest BCUT2D eigenvalue weighted by Crippen LogP contribution is 2.41. The SMILES string of the molecule is Cc1ccc(C2(O)CC(C)N(C3CC3)C2)cc1C. The first-order chi connectivity index (χ1) is 8.49. The molecule has 18 heavy (non-hydrogen) atoms. The Labute approximate surface area is 110 Å². The predicted octanol–water partition coefficient (Wildman–Crippen LogP) is 2.75. The summed E-state index contributed by atoms with van der Waals surface area (Å²) >= 11 is 0. The van der Waals surface area contributed by atoms with Crippen LogP contribution in [0.25, 0.3) is 0 Å². The fourth-order valence-electron chi connectivity index (χ4n) is 3.26. The Bertz CT molecular complexity index is 466. The second kappa shape index (κ2) is 4.07. The van der Waals surface area contributed by atoms with Gasteiger partial charge < -0.3 is 5.11 Å². The summed E-state index contributed by atoms with van der Waals surface area (Å²) in [6.45, 7) is 7.30. The molecule has 2 fully saturated rings. The van der Waals surface area contributed by atoms with Crippen molar-refractivity contribution < 1.29 is 5.11 Å². The third kappa shape index (κ3) is 1.98. The molecule has 1 saturated heterocycles. The van der Waals surface area contributed by atoms with E-state index in [0.29, 0.717) is 6.04 Å². The van der Waals surface area contributed by atoms with Crippen LogP contribution in [0.1, 0.15) is 42.9 Å². The number of aryl methyl sites for hydroxylation is 2. The van der Waals surface area contributed by atoms with Gasteiger partial charge in [-0.2, -0.15) is 0 Å². The molecule has 98 valence electrons. The van der Waals surface area contributed by atoms with Gasteiger partial charge in [-0.25, -0.2) is 0 Å². The molecule has 0 spiro atoms. The lowest BCUT2D eigenvalue weighted by Crippen LogP contribution is -2.33. The second-order valence-corrected chi connectivity index (χ2v) is 6.29. The van der Waals surface area contributed by atoms with Gasteiger partial charge in [-0.15, -0.1) is 0 Å². The Morgan fingerprint density at radius 2 is 1.94 bits per heavy atom. The number of β-amino-alcohol motifs (C(OH)–C–C–N with tert-alkyl or cyclic N) is 1. The largest absolute Gasteiger partial charge is 0.384 e. The Morgan fingerprint density at radius 1 is 1.22 bits per heavy atom. The van der Waals surface area contributed by atoms with Crippen LogP contribution in [0.15, 0.2) is 18.2 Å². The van der Waals surface area contributed by atoms with Crippen molar-refractivity contribution in [3.8, 4) is 0 Å². The molecule has 1 heterocycles. The zero-order valence-corrected chi connectivity index (χ0v) is 11.6. The maximum atomic E-state index is 11.0. The van der Waals surface area contributed by atoms with Gasteiger partial charge in [0.15, 0.2) is 0 Å². The number of aliphatic hydroxyl groups is 1. The first-order valence-corrected chi connectivity index (χ1v) is 7.05. The third-order valence-corrected chi connectivity index (χ3v) is 4.70. The predicted molar refractivity (Wildman–Crippen MR) is 73.6 cm³/mol. The monoisotopic (exact) mass is 245 g/mol. The summed E-state index contributed by atoms with van der Waals surface area (Å²) in [5.41, 5.74) is 3.03. The zero-order chi connectivity index (χ0) is 12.9. The van der Waals surface area contributed by atoms with Gasteiger partial charge in [0.2, 0.25) is 0 Å². The number of nitrogens with zero attached hydrogens (tertiary/aromatic N) is 1. The third-order valence-electron chi connectivity index (χ3n) is 4.70. The molecule has 2 nitrogen and oxygen atoms in total. The molecule has 0 radical (unpaired) electrons. The number of hydrogen-bond donors (Lipinski definition) is 1. The number of hydrogen-bond acceptors (Lipinski definition) is 2. The molecule has 0 bridgehead atoms. The van der Waals surface area contributed by atoms with E-state index in [2.05, 4.69) is 43.9 Å². The molecule has 2 unspecified atom stereocenters. The van der Waals surface area contributed by atoms with Gasteiger partial charge in [-0.1, -0.05) is 18.2 Å². The fraction of sp³-hybridized carbons (Fsp3) is 0.625. The topological polar surface area (TPSA) is 23.5 Å².